The van der Waals surface area contributed by atoms with Gasteiger partial charge in [-0.25, -0.2) is 0 Å². The first-order valence-corrected chi connectivity index (χ1v) is 13.1. The van der Waals surface area contributed by atoms with Crippen LogP contribution in [0.1, 0.15) is 105 Å². The smallest absolute Gasteiger partial charge is 0.306 e. The fraction of sp³-hybridized carbons (Fsp3) is 0.857. The maximum Gasteiger partial charge on any atom is 0.306 e. The summed E-state index contributed by atoms with van der Waals surface area (Å²) in [4.78, 5) is 24.8. The Bertz CT molecular complexity index is 739. The Hall–Kier alpha value is -1.12. The van der Waals surface area contributed by atoms with E-state index in [1.807, 2.05) is 6.08 Å². The highest BCUT2D eigenvalue weighted by atomic mass is 16.5. The molecule has 0 amide bonds. The molecule has 0 N–H and O–H groups in total. The summed E-state index contributed by atoms with van der Waals surface area (Å²) in [7, 11) is 0. The molecule has 0 saturated heterocycles. The summed E-state index contributed by atoms with van der Waals surface area (Å²) in [6.45, 7) is 11.9. The molecule has 174 valence electrons. The van der Waals surface area contributed by atoms with Crippen LogP contribution in [0.5, 0.6) is 0 Å². The third-order valence-electron chi connectivity index (χ3n) is 9.98. The van der Waals surface area contributed by atoms with Gasteiger partial charge in [0.1, 0.15) is 6.10 Å². The van der Waals surface area contributed by atoms with E-state index in [0.29, 0.717) is 48.2 Å². The van der Waals surface area contributed by atoms with Gasteiger partial charge >= 0.3 is 5.97 Å². The van der Waals surface area contributed by atoms with Crippen LogP contribution in [0, 0.1) is 40.4 Å². The summed E-state index contributed by atoms with van der Waals surface area (Å²) in [6.07, 6.45) is 13.3. The fourth-order valence-electron chi connectivity index (χ4n) is 8.64. The second-order valence-corrected chi connectivity index (χ2v) is 12.0. The van der Waals surface area contributed by atoms with Gasteiger partial charge < -0.3 is 4.74 Å². The first-order valence-electron chi connectivity index (χ1n) is 13.1. The molecule has 31 heavy (non-hydrogen) atoms. The van der Waals surface area contributed by atoms with E-state index >= 15 is 0 Å². The molecule has 0 aromatic carbocycles. The standard InChI is InChI=1S/C28H44O3/c1-6-7-8-9-10-24(30)31-23-12-11-22-25-18(2)15-20-16-21(29)13-14-27(20,4)26(25)19(3)17-28(22,23)5/h16,18-19,22-23,25-26H,6-15,17H2,1-5H3/t18-,19+,22?,23+,25?,26?,27+,28+/m1/s1. The highest BCUT2D eigenvalue weighted by molar-refractivity contribution is 5.91. The molecule has 0 heterocycles. The van der Waals surface area contributed by atoms with Gasteiger partial charge in [0.15, 0.2) is 5.78 Å². The zero-order valence-electron chi connectivity index (χ0n) is 20.5. The molecular weight excluding hydrogens is 384 g/mol. The monoisotopic (exact) mass is 428 g/mol. The van der Waals surface area contributed by atoms with Crippen LogP contribution >= 0.6 is 0 Å². The van der Waals surface area contributed by atoms with E-state index in [1.165, 1.54) is 24.8 Å². The number of unbranched alkanes of at least 4 members (excludes halogenated alkanes) is 3. The van der Waals surface area contributed by atoms with E-state index < -0.39 is 0 Å². The van der Waals surface area contributed by atoms with Crippen LogP contribution in [-0.4, -0.2) is 17.9 Å². The quantitative estimate of drug-likeness (QED) is 0.342. The minimum Gasteiger partial charge on any atom is -0.462 e. The van der Waals surface area contributed by atoms with Gasteiger partial charge in [0, 0.05) is 18.3 Å². The van der Waals surface area contributed by atoms with Gasteiger partial charge in [-0.3, -0.25) is 9.59 Å². The molecule has 3 nitrogen and oxygen atoms in total. The van der Waals surface area contributed by atoms with Crippen molar-refractivity contribution in [2.24, 2.45) is 40.4 Å². The maximum atomic E-state index is 12.6. The van der Waals surface area contributed by atoms with Crippen LogP contribution in [0.2, 0.25) is 0 Å². The molecule has 8 atom stereocenters. The van der Waals surface area contributed by atoms with Crippen molar-refractivity contribution in [1.29, 1.82) is 0 Å². The van der Waals surface area contributed by atoms with Crippen LogP contribution in [0.25, 0.3) is 0 Å². The first kappa shape index (κ1) is 23.1. The number of ketones is 1. The number of hydrogen-bond acceptors (Lipinski definition) is 3. The Morgan fingerprint density at radius 2 is 1.90 bits per heavy atom. The van der Waals surface area contributed by atoms with Crippen molar-refractivity contribution in [1.82, 2.24) is 0 Å². The van der Waals surface area contributed by atoms with E-state index in [4.69, 9.17) is 4.74 Å². The number of esters is 1. The molecule has 3 fully saturated rings. The Morgan fingerprint density at radius 3 is 2.65 bits per heavy atom. The van der Waals surface area contributed by atoms with Crippen LogP contribution < -0.4 is 0 Å². The molecular formula is C28H44O3. The molecule has 4 rings (SSSR count). The maximum absolute atomic E-state index is 12.6. The molecule has 3 saturated carbocycles. The summed E-state index contributed by atoms with van der Waals surface area (Å²) in [5, 5.41) is 0. The number of rotatable bonds is 6. The van der Waals surface area contributed by atoms with Crippen LogP contribution in [0.4, 0.5) is 0 Å². The van der Waals surface area contributed by atoms with Crippen molar-refractivity contribution in [3.05, 3.63) is 11.6 Å². The SMILES string of the molecule is CCCCCCC(=O)O[C@H]1CCC2C3C([C@@H](C)C[C@@]21C)[C@@]1(C)CCC(=O)C=C1C[C@H]3C. The summed E-state index contributed by atoms with van der Waals surface area (Å²) in [6, 6.07) is 0. The Kier molecular flexibility index (Phi) is 6.45. The minimum absolute atomic E-state index is 0.0254. The van der Waals surface area contributed by atoms with E-state index in [1.54, 1.807) is 0 Å². The summed E-state index contributed by atoms with van der Waals surface area (Å²) in [5.41, 5.74) is 1.72. The first-order chi connectivity index (χ1) is 14.7. The van der Waals surface area contributed by atoms with Gasteiger partial charge in [-0.2, -0.15) is 0 Å². The second-order valence-electron chi connectivity index (χ2n) is 12.0. The van der Waals surface area contributed by atoms with Crippen molar-refractivity contribution >= 4 is 11.8 Å². The number of fused-ring (bicyclic) bond motifs is 5. The van der Waals surface area contributed by atoms with Gasteiger partial charge in [-0.15, -0.1) is 0 Å². The molecule has 0 aromatic heterocycles. The van der Waals surface area contributed by atoms with Crippen molar-refractivity contribution in [2.75, 3.05) is 0 Å². The molecule has 3 heteroatoms. The summed E-state index contributed by atoms with van der Waals surface area (Å²) < 4.78 is 6.18. The average molecular weight is 429 g/mol. The molecule has 4 aliphatic carbocycles. The molecule has 0 aliphatic heterocycles. The molecule has 0 spiro atoms. The second kappa shape index (κ2) is 8.67. The van der Waals surface area contributed by atoms with Crippen molar-refractivity contribution in [3.8, 4) is 0 Å². The highest BCUT2D eigenvalue weighted by Gasteiger charge is 2.63. The molecule has 0 radical (unpaired) electrons. The number of carbonyl (C=O) groups is 2. The van der Waals surface area contributed by atoms with E-state index in [-0.39, 0.29) is 22.9 Å². The largest absolute Gasteiger partial charge is 0.462 e. The van der Waals surface area contributed by atoms with Crippen LogP contribution in [0.3, 0.4) is 0 Å². The van der Waals surface area contributed by atoms with E-state index in [9.17, 15) is 9.59 Å². The van der Waals surface area contributed by atoms with E-state index in [0.717, 1.165) is 38.5 Å². The Balaban J connectivity index is 1.52. The number of hydrogen-bond donors (Lipinski definition) is 0. The molecule has 3 unspecified atom stereocenters. The average Bonchev–Trinajstić information content (AvgIpc) is 3.02. The van der Waals surface area contributed by atoms with Crippen molar-refractivity contribution < 1.29 is 14.3 Å². The van der Waals surface area contributed by atoms with Gasteiger partial charge in [0.05, 0.1) is 0 Å². The third kappa shape index (κ3) is 3.93. The Labute approximate surface area is 189 Å². The highest BCUT2D eigenvalue weighted by Crippen LogP contribution is 2.68. The number of ether oxygens (including phenoxy) is 1. The fourth-order valence-corrected chi connectivity index (χ4v) is 8.64. The number of carbonyl (C=O) groups excluding carboxylic acids is 2. The van der Waals surface area contributed by atoms with Gasteiger partial charge in [-0.05, 0) is 79.6 Å². The lowest BCUT2D eigenvalue weighted by molar-refractivity contribution is -0.165. The normalized spacial score (nSPS) is 44.2. The van der Waals surface area contributed by atoms with Crippen molar-refractivity contribution in [2.45, 2.75) is 111 Å². The predicted molar refractivity (Wildman–Crippen MR) is 124 cm³/mol. The lowest BCUT2D eigenvalue weighted by Gasteiger charge is -2.62. The van der Waals surface area contributed by atoms with Crippen LogP contribution in [-0.2, 0) is 14.3 Å². The molecule has 4 aliphatic rings. The predicted octanol–water partition coefficient (Wildman–Crippen LogP) is 6.89. The van der Waals surface area contributed by atoms with Crippen molar-refractivity contribution in [3.63, 3.8) is 0 Å². The lowest BCUT2D eigenvalue weighted by Crippen LogP contribution is -2.57. The van der Waals surface area contributed by atoms with Gasteiger partial charge in [0.2, 0.25) is 0 Å². The summed E-state index contributed by atoms with van der Waals surface area (Å²) >= 11 is 0. The zero-order chi connectivity index (χ0) is 22.4. The molecule has 0 bridgehead atoms. The topological polar surface area (TPSA) is 43.4 Å². The zero-order valence-corrected chi connectivity index (χ0v) is 20.5. The molecule has 0 aromatic rings. The van der Waals surface area contributed by atoms with E-state index in [2.05, 4.69) is 34.6 Å². The minimum atomic E-state index is 0.0254. The number of allylic oxidation sites excluding steroid dienone is 1. The third-order valence-corrected chi connectivity index (χ3v) is 9.98. The summed E-state index contributed by atoms with van der Waals surface area (Å²) in [5.74, 6) is 3.52. The van der Waals surface area contributed by atoms with Gasteiger partial charge in [-0.1, -0.05) is 59.5 Å². The lowest BCUT2D eigenvalue weighted by atomic mass is 9.43. The van der Waals surface area contributed by atoms with Crippen LogP contribution in [0.15, 0.2) is 11.6 Å². The Morgan fingerprint density at radius 1 is 1.13 bits per heavy atom. The van der Waals surface area contributed by atoms with Gasteiger partial charge in [0.25, 0.3) is 0 Å².